The largest absolute Gasteiger partial charge is 0.506 e. The average Bonchev–Trinajstić information content (AvgIpc) is 2.30. The lowest BCUT2D eigenvalue weighted by atomic mass is 10.1. The number of ether oxygens (including phenoxy) is 2. The topological polar surface area (TPSA) is 76.0 Å². The van der Waals surface area contributed by atoms with Crippen LogP contribution in [0.4, 0.5) is 0 Å². The third-order valence-electron chi connectivity index (χ3n) is 2.27. The lowest BCUT2D eigenvalue weighted by Crippen LogP contribution is -2.00. The molecule has 0 spiro atoms. The van der Waals surface area contributed by atoms with Gasteiger partial charge >= 0.3 is 5.97 Å². The Hall–Kier alpha value is -1.62. The van der Waals surface area contributed by atoms with Gasteiger partial charge in [-0.05, 0) is 18.1 Å². The Bertz CT molecular complexity index is 430. The van der Waals surface area contributed by atoms with E-state index in [1.807, 2.05) is 0 Å². The van der Waals surface area contributed by atoms with Crippen molar-refractivity contribution in [3.8, 4) is 17.2 Å². The maximum Gasteiger partial charge on any atom is 0.303 e. The summed E-state index contributed by atoms with van der Waals surface area (Å²) in [4.78, 5) is 10.5. The Kier molecular flexibility index (Phi) is 4.45. The van der Waals surface area contributed by atoms with Crippen LogP contribution in [0.1, 0.15) is 12.0 Å². The van der Waals surface area contributed by atoms with E-state index in [4.69, 9.17) is 26.2 Å². The minimum atomic E-state index is -0.949. The molecule has 0 saturated carbocycles. The molecular weight excluding hydrogens is 248 g/mol. The first-order chi connectivity index (χ1) is 8.01. The third-order valence-corrected chi connectivity index (χ3v) is 2.62. The maximum absolute atomic E-state index is 10.5. The standard InChI is InChI=1S/C11H13ClO5/c1-16-7-5-6(3-4-8(13)14)10(15)9(12)11(7)17-2/h5,15H,3-4H2,1-2H3,(H,13,14). The zero-order valence-electron chi connectivity index (χ0n) is 9.49. The third kappa shape index (κ3) is 2.94. The molecule has 94 valence electrons. The molecule has 17 heavy (non-hydrogen) atoms. The number of aryl methyl sites for hydroxylation is 1. The number of carboxylic acid groups (broad SMARTS) is 1. The second-order valence-corrected chi connectivity index (χ2v) is 3.71. The van der Waals surface area contributed by atoms with Gasteiger partial charge in [0.2, 0.25) is 0 Å². The van der Waals surface area contributed by atoms with Crippen LogP contribution >= 0.6 is 11.6 Å². The molecule has 0 fully saturated rings. The van der Waals surface area contributed by atoms with E-state index in [-0.39, 0.29) is 29.4 Å². The van der Waals surface area contributed by atoms with Crippen LogP contribution in [0.3, 0.4) is 0 Å². The SMILES string of the molecule is COc1cc(CCC(=O)O)c(O)c(Cl)c1OC. The number of aliphatic carboxylic acids is 1. The maximum atomic E-state index is 10.5. The van der Waals surface area contributed by atoms with Crippen molar-refractivity contribution in [3.05, 3.63) is 16.7 Å². The predicted molar refractivity (Wildman–Crippen MR) is 62.2 cm³/mol. The first kappa shape index (κ1) is 13.4. The highest BCUT2D eigenvalue weighted by atomic mass is 35.5. The minimum absolute atomic E-state index is 0.0206. The molecule has 1 aromatic carbocycles. The van der Waals surface area contributed by atoms with E-state index in [1.54, 1.807) is 0 Å². The number of benzene rings is 1. The number of carbonyl (C=O) groups is 1. The van der Waals surface area contributed by atoms with Crippen molar-refractivity contribution in [2.45, 2.75) is 12.8 Å². The Labute approximate surface area is 104 Å². The molecule has 0 aliphatic carbocycles. The highest BCUT2D eigenvalue weighted by Crippen LogP contribution is 2.43. The fourth-order valence-corrected chi connectivity index (χ4v) is 1.71. The number of halogens is 1. The lowest BCUT2D eigenvalue weighted by Gasteiger charge is -2.13. The van der Waals surface area contributed by atoms with Crippen LogP contribution in [0.2, 0.25) is 5.02 Å². The fourth-order valence-electron chi connectivity index (χ4n) is 1.42. The van der Waals surface area contributed by atoms with Gasteiger partial charge in [0.05, 0.1) is 14.2 Å². The normalized spacial score (nSPS) is 10.1. The van der Waals surface area contributed by atoms with Crippen molar-refractivity contribution >= 4 is 17.6 Å². The zero-order valence-corrected chi connectivity index (χ0v) is 10.2. The van der Waals surface area contributed by atoms with E-state index < -0.39 is 5.97 Å². The number of methoxy groups -OCH3 is 2. The van der Waals surface area contributed by atoms with Gasteiger partial charge in [-0.1, -0.05) is 11.6 Å². The summed E-state index contributed by atoms with van der Waals surface area (Å²) in [6, 6.07) is 1.52. The molecule has 5 nitrogen and oxygen atoms in total. The average molecular weight is 261 g/mol. The molecule has 1 rings (SSSR count). The van der Waals surface area contributed by atoms with Crippen LogP contribution in [-0.4, -0.2) is 30.4 Å². The van der Waals surface area contributed by atoms with Gasteiger partial charge in [-0.2, -0.15) is 0 Å². The minimum Gasteiger partial charge on any atom is -0.506 e. The monoisotopic (exact) mass is 260 g/mol. The summed E-state index contributed by atoms with van der Waals surface area (Å²) in [6.07, 6.45) is 0.0701. The van der Waals surface area contributed by atoms with Crippen LogP contribution in [0, 0.1) is 0 Å². The molecule has 0 aliphatic rings. The van der Waals surface area contributed by atoms with Crippen LogP contribution in [-0.2, 0) is 11.2 Å². The van der Waals surface area contributed by atoms with Crippen LogP contribution in [0.25, 0.3) is 0 Å². The van der Waals surface area contributed by atoms with Crippen molar-refractivity contribution < 1.29 is 24.5 Å². The molecule has 6 heteroatoms. The van der Waals surface area contributed by atoms with Gasteiger partial charge in [0.15, 0.2) is 11.5 Å². The summed E-state index contributed by atoms with van der Waals surface area (Å²) in [5.74, 6) is -0.540. The van der Waals surface area contributed by atoms with E-state index in [0.29, 0.717) is 11.3 Å². The molecule has 0 aromatic heterocycles. The molecule has 0 amide bonds. The molecule has 2 N–H and O–H groups in total. The Morgan fingerprint density at radius 2 is 2.06 bits per heavy atom. The van der Waals surface area contributed by atoms with Gasteiger partial charge in [0.1, 0.15) is 10.8 Å². The summed E-state index contributed by atoms with van der Waals surface area (Å²) in [7, 11) is 2.84. The van der Waals surface area contributed by atoms with Crippen LogP contribution in [0.15, 0.2) is 6.07 Å². The smallest absolute Gasteiger partial charge is 0.303 e. The molecule has 0 saturated heterocycles. The molecule has 0 atom stereocenters. The van der Waals surface area contributed by atoms with Crippen LogP contribution in [0.5, 0.6) is 17.2 Å². The number of aromatic hydroxyl groups is 1. The second kappa shape index (κ2) is 5.63. The number of rotatable bonds is 5. The Morgan fingerprint density at radius 3 is 2.53 bits per heavy atom. The zero-order chi connectivity index (χ0) is 13.0. The fraction of sp³-hybridized carbons (Fsp3) is 0.364. The lowest BCUT2D eigenvalue weighted by molar-refractivity contribution is -0.136. The quantitative estimate of drug-likeness (QED) is 0.848. The van der Waals surface area contributed by atoms with E-state index in [9.17, 15) is 9.90 Å². The van der Waals surface area contributed by atoms with Gasteiger partial charge in [-0.15, -0.1) is 0 Å². The van der Waals surface area contributed by atoms with Crippen molar-refractivity contribution in [2.24, 2.45) is 0 Å². The first-order valence-electron chi connectivity index (χ1n) is 4.85. The summed E-state index contributed by atoms with van der Waals surface area (Å²) in [5, 5.41) is 18.4. The van der Waals surface area contributed by atoms with Crippen molar-refractivity contribution in [1.29, 1.82) is 0 Å². The molecule has 0 bridgehead atoms. The molecule has 1 aromatic rings. The number of carboxylic acids is 1. The number of hydrogen-bond acceptors (Lipinski definition) is 4. The summed E-state index contributed by atoms with van der Waals surface area (Å²) in [6.45, 7) is 0. The molecular formula is C11H13ClO5. The molecule has 0 radical (unpaired) electrons. The number of phenols is 1. The Morgan fingerprint density at radius 1 is 1.41 bits per heavy atom. The predicted octanol–water partition coefficient (Wildman–Crippen LogP) is 2.08. The van der Waals surface area contributed by atoms with E-state index in [1.165, 1.54) is 20.3 Å². The number of hydrogen-bond donors (Lipinski definition) is 2. The van der Waals surface area contributed by atoms with Gasteiger partial charge < -0.3 is 19.7 Å². The summed E-state index contributed by atoms with van der Waals surface area (Å²) >= 11 is 5.90. The summed E-state index contributed by atoms with van der Waals surface area (Å²) in [5.41, 5.74) is 0.412. The van der Waals surface area contributed by atoms with Crippen molar-refractivity contribution in [2.75, 3.05) is 14.2 Å². The van der Waals surface area contributed by atoms with Gasteiger partial charge in [0.25, 0.3) is 0 Å². The van der Waals surface area contributed by atoms with E-state index in [0.717, 1.165) is 0 Å². The summed E-state index contributed by atoms with van der Waals surface area (Å²) < 4.78 is 10.0. The highest BCUT2D eigenvalue weighted by molar-refractivity contribution is 6.33. The van der Waals surface area contributed by atoms with Gasteiger partial charge in [-0.3, -0.25) is 4.79 Å². The van der Waals surface area contributed by atoms with E-state index in [2.05, 4.69) is 0 Å². The molecule has 0 heterocycles. The van der Waals surface area contributed by atoms with Gasteiger partial charge in [0, 0.05) is 6.42 Å². The molecule has 0 aliphatic heterocycles. The molecule has 0 unspecified atom stereocenters. The van der Waals surface area contributed by atoms with Crippen LogP contribution < -0.4 is 9.47 Å². The Balaban J connectivity index is 3.15. The first-order valence-corrected chi connectivity index (χ1v) is 5.23. The van der Waals surface area contributed by atoms with Gasteiger partial charge in [-0.25, -0.2) is 0 Å². The number of phenolic OH excluding ortho intramolecular Hbond substituents is 1. The van der Waals surface area contributed by atoms with E-state index >= 15 is 0 Å². The van der Waals surface area contributed by atoms with Crippen molar-refractivity contribution in [3.63, 3.8) is 0 Å². The van der Waals surface area contributed by atoms with Crippen molar-refractivity contribution in [1.82, 2.24) is 0 Å². The highest BCUT2D eigenvalue weighted by Gasteiger charge is 2.18. The second-order valence-electron chi connectivity index (χ2n) is 3.33.